The zero-order valence-electron chi connectivity index (χ0n) is 12.0. The Morgan fingerprint density at radius 2 is 1.85 bits per heavy atom. The smallest absolute Gasteiger partial charge is 0.104 e. The SMILES string of the molecule is OCC#C[C@@H]1[C@@H](C2CCCCC2)N1Cc1ccccc1. The van der Waals surface area contributed by atoms with Crippen LogP contribution in [-0.2, 0) is 6.54 Å². The molecule has 0 radical (unpaired) electrons. The molecule has 2 aliphatic rings. The van der Waals surface area contributed by atoms with Gasteiger partial charge in [-0.05, 0) is 24.3 Å². The van der Waals surface area contributed by atoms with Gasteiger partial charge in [0.25, 0.3) is 0 Å². The van der Waals surface area contributed by atoms with E-state index in [9.17, 15) is 0 Å². The van der Waals surface area contributed by atoms with E-state index in [0.29, 0.717) is 12.1 Å². The first-order valence-corrected chi connectivity index (χ1v) is 7.79. The summed E-state index contributed by atoms with van der Waals surface area (Å²) >= 11 is 0. The summed E-state index contributed by atoms with van der Waals surface area (Å²) < 4.78 is 0. The van der Waals surface area contributed by atoms with Gasteiger partial charge in [0.15, 0.2) is 0 Å². The highest BCUT2D eigenvalue weighted by molar-refractivity contribution is 5.26. The third kappa shape index (κ3) is 3.06. The van der Waals surface area contributed by atoms with Crippen molar-refractivity contribution >= 4 is 0 Å². The van der Waals surface area contributed by atoms with Crippen molar-refractivity contribution in [3.05, 3.63) is 35.9 Å². The Balaban J connectivity index is 1.67. The molecular formula is C18H23NO. The molecule has 106 valence electrons. The van der Waals surface area contributed by atoms with Crippen molar-refractivity contribution < 1.29 is 5.11 Å². The molecule has 1 aromatic carbocycles. The predicted molar refractivity (Wildman–Crippen MR) is 81.0 cm³/mol. The van der Waals surface area contributed by atoms with Gasteiger partial charge in [-0.25, -0.2) is 0 Å². The second-order valence-corrected chi connectivity index (χ2v) is 5.97. The van der Waals surface area contributed by atoms with Crippen molar-refractivity contribution in [1.82, 2.24) is 4.90 Å². The molecule has 0 spiro atoms. The highest BCUT2D eigenvalue weighted by Crippen LogP contribution is 2.42. The Bertz CT molecular complexity index is 481. The van der Waals surface area contributed by atoms with Crippen LogP contribution in [0, 0.1) is 17.8 Å². The molecule has 2 fully saturated rings. The number of aliphatic hydroxyl groups is 1. The Hall–Kier alpha value is -1.30. The molecule has 0 bridgehead atoms. The van der Waals surface area contributed by atoms with Gasteiger partial charge in [-0.2, -0.15) is 0 Å². The highest BCUT2D eigenvalue weighted by Gasteiger charge is 2.50. The first-order chi connectivity index (χ1) is 9.90. The molecule has 1 saturated carbocycles. The molecule has 0 aromatic heterocycles. The molecule has 20 heavy (non-hydrogen) atoms. The summed E-state index contributed by atoms with van der Waals surface area (Å²) in [5, 5.41) is 8.92. The minimum Gasteiger partial charge on any atom is -0.384 e. The summed E-state index contributed by atoms with van der Waals surface area (Å²) in [7, 11) is 0. The molecule has 0 amide bonds. The monoisotopic (exact) mass is 269 g/mol. The average Bonchev–Trinajstić information content (AvgIpc) is 3.19. The third-order valence-corrected chi connectivity index (χ3v) is 4.64. The topological polar surface area (TPSA) is 23.2 Å². The normalized spacial score (nSPS) is 29.6. The van der Waals surface area contributed by atoms with Crippen LogP contribution in [0.15, 0.2) is 30.3 Å². The van der Waals surface area contributed by atoms with Gasteiger partial charge in [0, 0.05) is 12.6 Å². The van der Waals surface area contributed by atoms with Crippen LogP contribution >= 0.6 is 0 Å². The highest BCUT2D eigenvalue weighted by atomic mass is 16.2. The van der Waals surface area contributed by atoms with Crippen LogP contribution in [-0.4, -0.2) is 28.7 Å². The summed E-state index contributed by atoms with van der Waals surface area (Å²) in [4.78, 5) is 2.51. The molecule has 1 aliphatic carbocycles. The van der Waals surface area contributed by atoms with E-state index in [2.05, 4.69) is 47.1 Å². The number of hydrogen-bond acceptors (Lipinski definition) is 2. The van der Waals surface area contributed by atoms with Crippen molar-refractivity contribution in [2.75, 3.05) is 6.61 Å². The van der Waals surface area contributed by atoms with E-state index in [-0.39, 0.29) is 6.61 Å². The van der Waals surface area contributed by atoms with E-state index >= 15 is 0 Å². The summed E-state index contributed by atoms with van der Waals surface area (Å²) in [5.74, 6) is 6.92. The van der Waals surface area contributed by atoms with Crippen LogP contribution in [0.25, 0.3) is 0 Å². The lowest BCUT2D eigenvalue weighted by Crippen LogP contribution is -2.17. The third-order valence-electron chi connectivity index (χ3n) is 4.64. The number of benzene rings is 1. The van der Waals surface area contributed by atoms with Gasteiger partial charge >= 0.3 is 0 Å². The van der Waals surface area contributed by atoms with E-state index in [1.807, 2.05) is 0 Å². The molecule has 1 unspecified atom stereocenters. The Morgan fingerprint density at radius 1 is 1.10 bits per heavy atom. The van der Waals surface area contributed by atoms with Gasteiger partial charge in [-0.15, -0.1) is 0 Å². The van der Waals surface area contributed by atoms with E-state index in [4.69, 9.17) is 5.11 Å². The molecule has 1 N–H and O–H groups in total. The van der Waals surface area contributed by atoms with Gasteiger partial charge in [0.1, 0.15) is 6.61 Å². The van der Waals surface area contributed by atoms with Crippen molar-refractivity contribution in [1.29, 1.82) is 0 Å². The second kappa shape index (κ2) is 6.43. The fourth-order valence-electron chi connectivity index (χ4n) is 3.62. The maximum Gasteiger partial charge on any atom is 0.104 e. The van der Waals surface area contributed by atoms with Crippen LogP contribution in [0.2, 0.25) is 0 Å². The van der Waals surface area contributed by atoms with Crippen LogP contribution in [0.1, 0.15) is 37.7 Å². The summed E-state index contributed by atoms with van der Waals surface area (Å²) in [6.07, 6.45) is 6.86. The number of rotatable bonds is 3. The standard InChI is InChI=1S/C18H23NO/c20-13-7-12-17-18(16-10-5-2-6-11-16)19(17)14-15-8-3-1-4-9-15/h1,3-4,8-9,16-18,20H,2,5-6,10-11,13-14H2/t17-,18-,19?/m1/s1. The fraction of sp³-hybridized carbons (Fsp3) is 0.556. The Labute approximate surface area is 121 Å². The van der Waals surface area contributed by atoms with Crippen molar-refractivity contribution in [2.24, 2.45) is 5.92 Å². The fourth-order valence-corrected chi connectivity index (χ4v) is 3.62. The minimum atomic E-state index is -0.0208. The van der Waals surface area contributed by atoms with E-state index in [1.165, 1.54) is 37.7 Å². The molecule has 3 atom stereocenters. The quantitative estimate of drug-likeness (QED) is 0.673. The van der Waals surface area contributed by atoms with E-state index < -0.39 is 0 Å². The maximum absolute atomic E-state index is 8.92. The summed E-state index contributed by atoms with van der Waals surface area (Å²) in [5.41, 5.74) is 1.36. The molecule has 3 rings (SSSR count). The molecule has 2 nitrogen and oxygen atoms in total. The van der Waals surface area contributed by atoms with Crippen molar-refractivity contribution in [2.45, 2.75) is 50.7 Å². The number of nitrogens with zero attached hydrogens (tertiary/aromatic N) is 1. The van der Waals surface area contributed by atoms with Gasteiger partial charge < -0.3 is 5.11 Å². The Morgan fingerprint density at radius 3 is 2.55 bits per heavy atom. The van der Waals surface area contributed by atoms with Gasteiger partial charge in [0.05, 0.1) is 6.04 Å². The lowest BCUT2D eigenvalue weighted by atomic mass is 9.86. The zero-order valence-corrected chi connectivity index (χ0v) is 12.0. The van der Waals surface area contributed by atoms with Crippen molar-refractivity contribution in [3.8, 4) is 11.8 Å². The summed E-state index contributed by atoms with van der Waals surface area (Å²) in [6, 6.07) is 11.6. The van der Waals surface area contributed by atoms with E-state index in [1.54, 1.807) is 0 Å². The Kier molecular flexibility index (Phi) is 4.40. The molecule has 1 aromatic rings. The average molecular weight is 269 g/mol. The number of aliphatic hydroxyl groups excluding tert-OH is 1. The zero-order chi connectivity index (χ0) is 13.8. The van der Waals surface area contributed by atoms with Crippen LogP contribution in [0.4, 0.5) is 0 Å². The second-order valence-electron chi connectivity index (χ2n) is 5.97. The van der Waals surface area contributed by atoms with E-state index in [0.717, 1.165) is 12.5 Å². The van der Waals surface area contributed by atoms with Crippen molar-refractivity contribution in [3.63, 3.8) is 0 Å². The lowest BCUT2D eigenvalue weighted by Gasteiger charge is -2.21. The largest absolute Gasteiger partial charge is 0.384 e. The molecular weight excluding hydrogens is 246 g/mol. The predicted octanol–water partition coefficient (Wildman–Crippen LogP) is 2.82. The van der Waals surface area contributed by atoms with Gasteiger partial charge in [-0.3, -0.25) is 4.90 Å². The van der Waals surface area contributed by atoms with Crippen LogP contribution in [0.3, 0.4) is 0 Å². The van der Waals surface area contributed by atoms with Gasteiger partial charge in [0.2, 0.25) is 0 Å². The first-order valence-electron chi connectivity index (χ1n) is 7.79. The molecule has 1 aliphatic heterocycles. The van der Waals surface area contributed by atoms with Gasteiger partial charge in [-0.1, -0.05) is 61.4 Å². The van der Waals surface area contributed by atoms with Crippen LogP contribution in [0.5, 0.6) is 0 Å². The maximum atomic E-state index is 8.92. The van der Waals surface area contributed by atoms with Crippen LogP contribution < -0.4 is 0 Å². The minimum absolute atomic E-state index is 0.0208. The molecule has 1 heterocycles. The number of hydrogen-bond donors (Lipinski definition) is 1. The first kappa shape index (κ1) is 13.7. The molecule has 2 heteroatoms. The summed E-state index contributed by atoms with van der Waals surface area (Å²) in [6.45, 7) is 0.972. The molecule has 1 saturated heterocycles. The lowest BCUT2D eigenvalue weighted by molar-refractivity contribution is 0.309.